The number of fused-ring (bicyclic) bond motifs is 1. The van der Waals surface area contributed by atoms with Gasteiger partial charge in [0.25, 0.3) is 0 Å². The molecule has 0 saturated carbocycles. The van der Waals surface area contributed by atoms with Crippen LogP contribution in [0.3, 0.4) is 0 Å². The number of halogens is 2. The Hall–Kier alpha value is -2.81. The molecule has 0 spiro atoms. The maximum Gasteiger partial charge on any atom is 0.348 e. The van der Waals surface area contributed by atoms with Crippen molar-refractivity contribution in [2.24, 2.45) is 0 Å². The van der Waals surface area contributed by atoms with Crippen molar-refractivity contribution < 1.29 is 18.7 Å². The maximum absolute atomic E-state index is 13.9. The number of aromatic nitrogens is 1. The molecule has 164 valence electrons. The van der Waals surface area contributed by atoms with Crippen LogP contribution in [0.1, 0.15) is 33.4 Å². The summed E-state index contributed by atoms with van der Waals surface area (Å²) in [7, 11) is 0. The van der Waals surface area contributed by atoms with Gasteiger partial charge < -0.3 is 4.74 Å². The van der Waals surface area contributed by atoms with Gasteiger partial charge in [0, 0.05) is 22.4 Å². The normalized spacial score (nSPS) is 11.0. The summed E-state index contributed by atoms with van der Waals surface area (Å²) in [5.74, 6) is -1.17. The van der Waals surface area contributed by atoms with Crippen LogP contribution >= 0.6 is 34.3 Å². The number of aryl methyl sites for hydroxylation is 2. The van der Waals surface area contributed by atoms with Crippen LogP contribution in [0.4, 0.5) is 15.2 Å². The Bertz CT molecular complexity index is 1330. The first-order valence-electron chi connectivity index (χ1n) is 9.61. The summed E-state index contributed by atoms with van der Waals surface area (Å²) in [6.45, 7) is 5.19. The Morgan fingerprint density at radius 3 is 2.69 bits per heavy atom. The lowest BCUT2D eigenvalue weighted by Crippen LogP contribution is -2.24. The number of hydrogen-bond acceptors (Lipinski definition) is 6. The standard InChI is InChI=1S/C23H18ClFN2O3S2/c1-12-7-13(2)21(17(24)8-12)27(14(3)28)23-26-15(11-31-23)10-30-22(29)20-9-16-18(25)5-4-6-19(16)32-20/h4-9,11H,10H2,1-3H3. The molecule has 0 radical (unpaired) electrons. The lowest BCUT2D eigenvalue weighted by molar-refractivity contribution is -0.115. The van der Waals surface area contributed by atoms with E-state index >= 15 is 0 Å². The Kier molecular flexibility index (Phi) is 6.28. The summed E-state index contributed by atoms with van der Waals surface area (Å²) < 4.78 is 19.9. The second-order valence-corrected chi connectivity index (χ2v) is 9.55. The molecule has 0 aliphatic carbocycles. The van der Waals surface area contributed by atoms with Gasteiger partial charge in [-0.1, -0.05) is 23.7 Å². The Balaban J connectivity index is 1.53. The number of hydrogen-bond donors (Lipinski definition) is 0. The summed E-state index contributed by atoms with van der Waals surface area (Å²) in [5.41, 5.74) is 2.92. The predicted octanol–water partition coefficient (Wildman–Crippen LogP) is 6.81. The molecule has 0 unspecified atom stereocenters. The summed E-state index contributed by atoms with van der Waals surface area (Å²) in [4.78, 5) is 31.1. The second-order valence-electron chi connectivity index (χ2n) is 7.23. The number of carbonyl (C=O) groups is 2. The van der Waals surface area contributed by atoms with Crippen molar-refractivity contribution in [3.8, 4) is 0 Å². The van der Waals surface area contributed by atoms with Crippen molar-refractivity contribution in [2.45, 2.75) is 27.4 Å². The summed E-state index contributed by atoms with van der Waals surface area (Å²) in [5, 5.41) is 3.00. The predicted molar refractivity (Wildman–Crippen MR) is 127 cm³/mol. The lowest BCUT2D eigenvalue weighted by Gasteiger charge is -2.22. The molecule has 0 N–H and O–H groups in total. The highest BCUT2D eigenvalue weighted by molar-refractivity contribution is 7.20. The Labute approximate surface area is 197 Å². The van der Waals surface area contributed by atoms with Crippen molar-refractivity contribution >= 4 is 67.1 Å². The number of nitrogens with zero attached hydrogens (tertiary/aromatic N) is 2. The molecule has 2 aromatic carbocycles. The van der Waals surface area contributed by atoms with Gasteiger partial charge in [-0.3, -0.25) is 9.69 Å². The number of benzene rings is 2. The first kappa shape index (κ1) is 22.4. The van der Waals surface area contributed by atoms with Gasteiger partial charge in [0.15, 0.2) is 5.13 Å². The van der Waals surface area contributed by atoms with Crippen molar-refractivity contribution in [1.29, 1.82) is 0 Å². The van der Waals surface area contributed by atoms with Crippen LogP contribution in [0.5, 0.6) is 0 Å². The molecule has 2 heterocycles. The van der Waals surface area contributed by atoms with Crippen molar-refractivity contribution in [2.75, 3.05) is 4.90 Å². The van der Waals surface area contributed by atoms with Crippen LogP contribution in [0, 0.1) is 19.7 Å². The summed E-state index contributed by atoms with van der Waals surface area (Å²) in [6.07, 6.45) is 0. The third kappa shape index (κ3) is 4.39. The Morgan fingerprint density at radius 1 is 1.22 bits per heavy atom. The van der Waals surface area contributed by atoms with E-state index in [1.54, 1.807) is 23.6 Å². The van der Waals surface area contributed by atoms with Gasteiger partial charge in [-0.2, -0.15) is 0 Å². The molecule has 0 atom stereocenters. The molecule has 0 fully saturated rings. The smallest absolute Gasteiger partial charge is 0.348 e. The first-order valence-corrected chi connectivity index (χ1v) is 11.7. The van der Waals surface area contributed by atoms with Crippen LogP contribution in [0.2, 0.25) is 5.02 Å². The van der Waals surface area contributed by atoms with Crippen molar-refractivity contribution in [1.82, 2.24) is 4.98 Å². The van der Waals surface area contributed by atoms with Gasteiger partial charge in [0.05, 0.1) is 16.4 Å². The minimum absolute atomic E-state index is 0.0710. The molecule has 1 amide bonds. The molecule has 0 saturated heterocycles. The molecule has 0 bridgehead atoms. The number of thiazole rings is 1. The van der Waals surface area contributed by atoms with Crippen LogP contribution in [-0.4, -0.2) is 16.9 Å². The quantitative estimate of drug-likeness (QED) is 0.289. The fourth-order valence-electron chi connectivity index (χ4n) is 3.38. The van der Waals surface area contributed by atoms with E-state index in [2.05, 4.69) is 4.98 Å². The highest BCUT2D eigenvalue weighted by atomic mass is 35.5. The van der Waals surface area contributed by atoms with E-state index in [-0.39, 0.29) is 18.3 Å². The van der Waals surface area contributed by atoms with Crippen LogP contribution in [-0.2, 0) is 16.1 Å². The fraction of sp³-hybridized carbons (Fsp3) is 0.174. The molecular formula is C23H18ClFN2O3S2. The van der Waals surface area contributed by atoms with Gasteiger partial charge in [-0.25, -0.2) is 14.2 Å². The minimum atomic E-state index is -0.555. The molecule has 5 nitrogen and oxygen atoms in total. The van der Waals surface area contributed by atoms with E-state index < -0.39 is 5.97 Å². The van der Waals surface area contributed by atoms with Crippen molar-refractivity contribution in [3.05, 3.63) is 74.3 Å². The number of thiophene rings is 1. The molecule has 2 aromatic heterocycles. The number of rotatable bonds is 5. The van der Waals surface area contributed by atoms with E-state index in [1.807, 2.05) is 19.9 Å². The van der Waals surface area contributed by atoms with Crippen LogP contribution in [0.15, 0.2) is 41.8 Å². The monoisotopic (exact) mass is 488 g/mol. The molecule has 0 aliphatic rings. The third-order valence-corrected chi connectivity index (χ3v) is 6.97. The van der Waals surface area contributed by atoms with Gasteiger partial charge in [0.1, 0.15) is 17.3 Å². The zero-order chi connectivity index (χ0) is 23.0. The number of amides is 1. The molecule has 4 rings (SSSR count). The number of anilines is 2. The molecule has 9 heteroatoms. The molecule has 0 aliphatic heterocycles. The van der Waals surface area contributed by atoms with Gasteiger partial charge in [0.2, 0.25) is 5.91 Å². The number of esters is 1. The summed E-state index contributed by atoms with van der Waals surface area (Å²) in [6, 6.07) is 9.93. The third-order valence-electron chi connectivity index (χ3n) is 4.73. The molecule has 4 aromatic rings. The highest BCUT2D eigenvalue weighted by Crippen LogP contribution is 2.37. The van der Waals surface area contributed by atoms with Crippen molar-refractivity contribution in [3.63, 3.8) is 0 Å². The number of ether oxygens (including phenoxy) is 1. The zero-order valence-corrected chi connectivity index (χ0v) is 19.8. The van der Waals surface area contributed by atoms with Gasteiger partial charge in [-0.15, -0.1) is 22.7 Å². The van der Waals surface area contributed by atoms with Crippen LogP contribution in [0.25, 0.3) is 10.1 Å². The first-order chi connectivity index (χ1) is 15.2. The zero-order valence-electron chi connectivity index (χ0n) is 17.4. The second kappa shape index (κ2) is 8.97. The average molecular weight is 489 g/mol. The van der Waals surface area contributed by atoms with Crippen LogP contribution < -0.4 is 4.90 Å². The number of carbonyl (C=O) groups excluding carboxylic acids is 2. The van der Waals surface area contributed by atoms with E-state index in [0.717, 1.165) is 11.1 Å². The maximum atomic E-state index is 13.9. The lowest BCUT2D eigenvalue weighted by atomic mass is 10.1. The van der Waals surface area contributed by atoms with E-state index in [4.69, 9.17) is 16.3 Å². The van der Waals surface area contributed by atoms with E-state index in [0.29, 0.717) is 36.5 Å². The molecule has 32 heavy (non-hydrogen) atoms. The fourth-order valence-corrected chi connectivity index (χ4v) is 5.61. The summed E-state index contributed by atoms with van der Waals surface area (Å²) >= 11 is 8.86. The van der Waals surface area contributed by atoms with E-state index in [9.17, 15) is 14.0 Å². The Morgan fingerprint density at radius 2 is 2.00 bits per heavy atom. The largest absolute Gasteiger partial charge is 0.455 e. The topological polar surface area (TPSA) is 59.5 Å². The average Bonchev–Trinajstić information content (AvgIpc) is 3.36. The van der Waals surface area contributed by atoms with Gasteiger partial charge >= 0.3 is 5.97 Å². The van der Waals surface area contributed by atoms with E-state index in [1.165, 1.54) is 46.6 Å². The van der Waals surface area contributed by atoms with Gasteiger partial charge in [-0.05, 0) is 49.2 Å². The highest BCUT2D eigenvalue weighted by Gasteiger charge is 2.23. The molecular weight excluding hydrogens is 471 g/mol. The minimum Gasteiger partial charge on any atom is -0.455 e. The SMILES string of the molecule is CC(=O)N(c1nc(COC(=O)c2cc3c(F)cccc3s2)cs1)c1c(C)cc(C)cc1Cl.